The summed E-state index contributed by atoms with van der Waals surface area (Å²) in [7, 11) is 0. The molecule has 2 heterocycles. The Morgan fingerprint density at radius 1 is 1.25 bits per heavy atom. The maximum atomic E-state index is 12.5. The molecule has 1 aromatic carbocycles. The van der Waals surface area contributed by atoms with Crippen LogP contribution in [0.15, 0.2) is 29.2 Å². The molecule has 0 unspecified atom stereocenters. The van der Waals surface area contributed by atoms with Crippen LogP contribution in [0.5, 0.6) is 0 Å². The maximum absolute atomic E-state index is 12.5. The van der Waals surface area contributed by atoms with Gasteiger partial charge in [0.25, 0.3) is 5.91 Å². The van der Waals surface area contributed by atoms with Gasteiger partial charge in [0.05, 0.1) is 4.91 Å². The van der Waals surface area contributed by atoms with E-state index in [-0.39, 0.29) is 5.91 Å². The van der Waals surface area contributed by atoms with E-state index in [1.807, 2.05) is 23.5 Å². The summed E-state index contributed by atoms with van der Waals surface area (Å²) in [5.74, 6) is 1.66. The molecule has 1 atom stereocenters. The fourth-order valence-electron chi connectivity index (χ4n) is 3.28. The quantitative estimate of drug-likeness (QED) is 0.723. The summed E-state index contributed by atoms with van der Waals surface area (Å²) in [6.07, 6.45) is 5.75. The van der Waals surface area contributed by atoms with Gasteiger partial charge in [-0.2, -0.15) is 0 Å². The highest BCUT2D eigenvalue weighted by Crippen LogP contribution is 2.43. The van der Waals surface area contributed by atoms with Crippen molar-refractivity contribution in [3.05, 3.63) is 55.1 Å². The Labute approximate surface area is 155 Å². The summed E-state index contributed by atoms with van der Waals surface area (Å²) < 4.78 is 0. The van der Waals surface area contributed by atoms with E-state index in [0.717, 1.165) is 22.3 Å². The van der Waals surface area contributed by atoms with Crippen molar-refractivity contribution in [1.82, 2.24) is 0 Å². The maximum Gasteiger partial charge on any atom is 0.262 e. The number of carbonyl (C=O) groups is 1. The normalized spacial score (nSPS) is 19.2. The number of rotatable bonds is 2. The van der Waals surface area contributed by atoms with Crippen molar-refractivity contribution in [2.75, 3.05) is 5.32 Å². The van der Waals surface area contributed by atoms with Gasteiger partial charge >= 0.3 is 0 Å². The molecule has 1 aliphatic heterocycles. The minimum atomic E-state index is -0.0345. The van der Waals surface area contributed by atoms with Gasteiger partial charge in [0, 0.05) is 26.2 Å². The van der Waals surface area contributed by atoms with E-state index in [2.05, 4.69) is 18.3 Å². The highest BCUT2D eigenvalue weighted by Gasteiger charge is 2.26. The van der Waals surface area contributed by atoms with E-state index in [4.69, 9.17) is 11.6 Å². The van der Waals surface area contributed by atoms with E-state index in [9.17, 15) is 4.79 Å². The Morgan fingerprint density at radius 2 is 2.04 bits per heavy atom. The summed E-state index contributed by atoms with van der Waals surface area (Å²) in [4.78, 5) is 16.1. The summed E-state index contributed by atoms with van der Waals surface area (Å²) in [5, 5.41) is 3.63. The summed E-state index contributed by atoms with van der Waals surface area (Å²) in [5.41, 5.74) is 3.81. The molecule has 124 valence electrons. The Bertz CT molecular complexity index is 823. The highest BCUT2D eigenvalue weighted by molar-refractivity contribution is 8.03. The fraction of sp³-hybridized carbons (Fsp3) is 0.316. The fourth-order valence-corrected chi connectivity index (χ4v) is 6.06. The Balaban J connectivity index is 1.56. The topological polar surface area (TPSA) is 29.1 Å². The lowest BCUT2D eigenvalue weighted by Crippen LogP contribution is -2.14. The van der Waals surface area contributed by atoms with Gasteiger partial charge in [-0.3, -0.25) is 4.79 Å². The lowest BCUT2D eigenvalue weighted by Gasteiger charge is -2.19. The molecule has 0 bridgehead atoms. The average molecular weight is 376 g/mol. The van der Waals surface area contributed by atoms with Crippen molar-refractivity contribution >= 4 is 52.4 Å². The van der Waals surface area contributed by atoms with Crippen molar-refractivity contribution in [3.8, 4) is 0 Å². The molecular formula is C19H18ClNOS2. The number of halogens is 1. The predicted molar refractivity (Wildman–Crippen MR) is 105 cm³/mol. The largest absolute Gasteiger partial charge is 0.322 e. The summed E-state index contributed by atoms with van der Waals surface area (Å²) in [6, 6.07) is 7.22. The molecule has 4 rings (SSSR count). The van der Waals surface area contributed by atoms with Crippen LogP contribution in [-0.2, 0) is 23.4 Å². The van der Waals surface area contributed by atoms with Crippen molar-refractivity contribution in [2.24, 2.45) is 5.92 Å². The average Bonchev–Trinajstić information content (AvgIpc) is 2.93. The van der Waals surface area contributed by atoms with Crippen LogP contribution in [0.25, 0.3) is 6.08 Å². The number of nitrogens with one attached hydrogen (secondary N) is 1. The van der Waals surface area contributed by atoms with Gasteiger partial charge in [0.2, 0.25) is 0 Å². The molecule has 1 aliphatic carbocycles. The van der Waals surface area contributed by atoms with Crippen molar-refractivity contribution in [2.45, 2.75) is 31.9 Å². The Hall–Kier alpha value is -1.23. The number of thiophene rings is 1. The predicted octanol–water partition coefficient (Wildman–Crippen LogP) is 5.75. The smallest absolute Gasteiger partial charge is 0.262 e. The molecule has 1 N–H and O–H groups in total. The molecule has 2 aromatic rings. The molecule has 0 spiro atoms. The van der Waals surface area contributed by atoms with Crippen molar-refractivity contribution in [3.63, 3.8) is 0 Å². The molecule has 0 fully saturated rings. The number of amides is 1. The van der Waals surface area contributed by atoms with E-state index >= 15 is 0 Å². The van der Waals surface area contributed by atoms with Crippen LogP contribution in [0.4, 0.5) is 5.69 Å². The zero-order valence-electron chi connectivity index (χ0n) is 13.4. The van der Waals surface area contributed by atoms with Crippen molar-refractivity contribution < 1.29 is 4.79 Å². The highest BCUT2D eigenvalue weighted by atomic mass is 35.5. The molecule has 5 heteroatoms. The number of benzene rings is 1. The van der Waals surface area contributed by atoms with E-state index in [1.54, 1.807) is 29.5 Å². The van der Waals surface area contributed by atoms with Gasteiger partial charge in [-0.25, -0.2) is 0 Å². The third kappa shape index (κ3) is 3.15. The number of thioether (sulfide) groups is 1. The molecular weight excluding hydrogens is 358 g/mol. The number of carbonyl (C=O) groups excluding carboxylic acids is 1. The second-order valence-electron chi connectivity index (χ2n) is 6.45. The van der Waals surface area contributed by atoms with E-state index in [0.29, 0.717) is 5.02 Å². The SMILES string of the molecule is C[C@H]1CCc2c(sc3c2CSC(C(=O)Nc2ccc(Cl)cc2)=C3)C1. The Morgan fingerprint density at radius 3 is 2.83 bits per heavy atom. The zero-order chi connectivity index (χ0) is 16.7. The minimum Gasteiger partial charge on any atom is -0.322 e. The first kappa shape index (κ1) is 16.2. The first-order valence-corrected chi connectivity index (χ1v) is 10.3. The van der Waals surface area contributed by atoms with Crippen LogP contribution >= 0.6 is 34.7 Å². The van der Waals surface area contributed by atoms with Gasteiger partial charge in [0.15, 0.2) is 0 Å². The lowest BCUT2D eigenvalue weighted by atomic mass is 9.88. The van der Waals surface area contributed by atoms with Gasteiger partial charge in [0.1, 0.15) is 0 Å². The monoisotopic (exact) mass is 375 g/mol. The van der Waals surface area contributed by atoms with Gasteiger partial charge < -0.3 is 5.32 Å². The summed E-state index contributed by atoms with van der Waals surface area (Å²) in [6.45, 7) is 2.33. The molecule has 1 amide bonds. The van der Waals surface area contributed by atoms with Crippen LogP contribution in [0.3, 0.4) is 0 Å². The van der Waals surface area contributed by atoms with E-state index in [1.165, 1.54) is 34.6 Å². The Kier molecular flexibility index (Phi) is 4.46. The van der Waals surface area contributed by atoms with E-state index < -0.39 is 0 Å². The minimum absolute atomic E-state index is 0.0345. The van der Waals surface area contributed by atoms with Crippen LogP contribution in [0.2, 0.25) is 5.02 Å². The standard InChI is InChI=1S/C19H18ClNOS2/c1-11-2-7-14-15-10-23-18(9-17(15)24-16(14)8-11)19(22)21-13-5-3-12(20)4-6-13/h3-6,9,11H,2,7-8,10H2,1H3,(H,21,22)/t11-/m0/s1. The van der Waals surface area contributed by atoms with Crippen LogP contribution in [0, 0.1) is 5.92 Å². The van der Waals surface area contributed by atoms with Gasteiger partial charge in [-0.05, 0) is 66.6 Å². The number of hydrogen-bond donors (Lipinski definition) is 1. The molecule has 0 radical (unpaired) electrons. The molecule has 0 saturated heterocycles. The van der Waals surface area contributed by atoms with Gasteiger partial charge in [-0.1, -0.05) is 18.5 Å². The second-order valence-corrected chi connectivity index (χ2v) is 9.04. The first-order valence-electron chi connectivity index (χ1n) is 8.15. The third-order valence-corrected chi connectivity index (χ3v) is 7.16. The van der Waals surface area contributed by atoms with Crippen molar-refractivity contribution in [1.29, 1.82) is 0 Å². The molecule has 24 heavy (non-hydrogen) atoms. The zero-order valence-corrected chi connectivity index (χ0v) is 15.8. The van der Waals surface area contributed by atoms with Crippen LogP contribution in [0.1, 0.15) is 34.2 Å². The second kappa shape index (κ2) is 6.58. The lowest BCUT2D eigenvalue weighted by molar-refractivity contribution is -0.112. The molecule has 2 nitrogen and oxygen atoms in total. The molecule has 2 aliphatic rings. The molecule has 1 aromatic heterocycles. The number of anilines is 1. The number of hydrogen-bond acceptors (Lipinski definition) is 3. The third-order valence-electron chi connectivity index (χ3n) is 4.61. The molecule has 0 saturated carbocycles. The number of fused-ring (bicyclic) bond motifs is 3. The van der Waals surface area contributed by atoms with Crippen LogP contribution < -0.4 is 5.32 Å². The van der Waals surface area contributed by atoms with Crippen LogP contribution in [-0.4, -0.2) is 5.91 Å². The first-order chi connectivity index (χ1) is 11.6. The summed E-state index contributed by atoms with van der Waals surface area (Å²) >= 11 is 9.41. The van der Waals surface area contributed by atoms with Gasteiger partial charge in [-0.15, -0.1) is 23.1 Å².